The van der Waals surface area contributed by atoms with Crippen molar-refractivity contribution in [2.24, 2.45) is 0 Å². The molecule has 8 heteroatoms. The van der Waals surface area contributed by atoms with Crippen molar-refractivity contribution < 1.29 is 4.92 Å². The highest BCUT2D eigenvalue weighted by Gasteiger charge is 2.28. The van der Waals surface area contributed by atoms with Gasteiger partial charge in [0.1, 0.15) is 6.33 Å². The molecule has 7 nitrogen and oxygen atoms in total. The van der Waals surface area contributed by atoms with E-state index >= 15 is 0 Å². The van der Waals surface area contributed by atoms with Gasteiger partial charge in [0.15, 0.2) is 0 Å². The Morgan fingerprint density at radius 3 is 2.70 bits per heavy atom. The SMILES string of the molecule is O=[N+]([O-])c1c(NCc2ccccc2Cl)ncnc1N1CCCC1. The van der Waals surface area contributed by atoms with E-state index in [0.29, 0.717) is 17.4 Å². The van der Waals surface area contributed by atoms with Crippen LogP contribution in [0.5, 0.6) is 0 Å². The Bertz CT molecular complexity index is 719. The number of rotatable bonds is 5. The third-order valence-electron chi connectivity index (χ3n) is 3.80. The van der Waals surface area contributed by atoms with Crippen LogP contribution in [0.4, 0.5) is 17.3 Å². The van der Waals surface area contributed by atoms with Crippen molar-refractivity contribution >= 4 is 28.9 Å². The number of nitrogens with zero attached hydrogens (tertiary/aromatic N) is 4. The van der Waals surface area contributed by atoms with Crippen LogP contribution in [0, 0.1) is 10.1 Å². The Hall–Kier alpha value is -2.41. The van der Waals surface area contributed by atoms with Crippen molar-refractivity contribution in [1.82, 2.24) is 9.97 Å². The Morgan fingerprint density at radius 1 is 1.26 bits per heavy atom. The van der Waals surface area contributed by atoms with Crippen molar-refractivity contribution in [2.45, 2.75) is 19.4 Å². The van der Waals surface area contributed by atoms with Crippen LogP contribution in [0.15, 0.2) is 30.6 Å². The molecule has 0 aliphatic carbocycles. The van der Waals surface area contributed by atoms with Crippen LogP contribution in [0.3, 0.4) is 0 Å². The highest BCUT2D eigenvalue weighted by Crippen LogP contribution is 2.33. The molecule has 1 aliphatic heterocycles. The molecule has 0 unspecified atom stereocenters. The predicted octanol–water partition coefficient (Wildman–Crippen LogP) is 3.25. The molecule has 120 valence electrons. The van der Waals surface area contributed by atoms with Gasteiger partial charge in [-0.15, -0.1) is 0 Å². The Kier molecular flexibility index (Phi) is 4.57. The van der Waals surface area contributed by atoms with E-state index in [-0.39, 0.29) is 11.5 Å². The molecule has 1 saturated heterocycles. The van der Waals surface area contributed by atoms with Crippen LogP contribution >= 0.6 is 11.6 Å². The van der Waals surface area contributed by atoms with E-state index in [0.717, 1.165) is 31.5 Å². The fraction of sp³-hybridized carbons (Fsp3) is 0.333. The number of nitro groups is 1. The molecule has 1 aromatic carbocycles. The molecule has 1 aromatic heterocycles. The van der Waals surface area contributed by atoms with Crippen molar-refractivity contribution in [3.63, 3.8) is 0 Å². The number of halogens is 1. The molecule has 1 aliphatic rings. The molecule has 1 N–H and O–H groups in total. The van der Waals surface area contributed by atoms with Gasteiger partial charge < -0.3 is 10.2 Å². The van der Waals surface area contributed by atoms with E-state index < -0.39 is 4.92 Å². The minimum absolute atomic E-state index is 0.0820. The number of benzene rings is 1. The van der Waals surface area contributed by atoms with Gasteiger partial charge in [-0.2, -0.15) is 0 Å². The third-order valence-corrected chi connectivity index (χ3v) is 4.16. The number of nitrogens with one attached hydrogen (secondary N) is 1. The fourth-order valence-electron chi connectivity index (χ4n) is 2.65. The second kappa shape index (κ2) is 6.78. The van der Waals surface area contributed by atoms with Crippen LogP contribution in [-0.4, -0.2) is 28.0 Å². The summed E-state index contributed by atoms with van der Waals surface area (Å²) < 4.78 is 0. The van der Waals surface area contributed by atoms with Gasteiger partial charge in [-0.3, -0.25) is 10.1 Å². The normalized spacial score (nSPS) is 14.0. The molecule has 23 heavy (non-hydrogen) atoms. The van der Waals surface area contributed by atoms with Crippen molar-refractivity contribution in [3.05, 3.63) is 51.3 Å². The zero-order valence-electron chi connectivity index (χ0n) is 12.4. The lowest BCUT2D eigenvalue weighted by molar-refractivity contribution is -0.383. The van der Waals surface area contributed by atoms with E-state index in [1.165, 1.54) is 6.33 Å². The summed E-state index contributed by atoms with van der Waals surface area (Å²) in [6.45, 7) is 1.92. The molecular weight excluding hydrogens is 318 g/mol. The van der Waals surface area contributed by atoms with Gasteiger partial charge in [0.25, 0.3) is 0 Å². The standard InChI is InChI=1S/C15H16ClN5O2/c16-12-6-2-1-5-11(12)9-17-14-13(21(22)23)15(19-10-18-14)20-7-3-4-8-20/h1-2,5-6,10H,3-4,7-9H2,(H,17,18,19). The Morgan fingerprint density at radius 2 is 2.00 bits per heavy atom. The number of hydrogen-bond acceptors (Lipinski definition) is 6. The molecule has 0 amide bonds. The summed E-state index contributed by atoms with van der Waals surface area (Å²) in [5, 5.41) is 15.1. The fourth-order valence-corrected chi connectivity index (χ4v) is 2.85. The molecule has 0 bridgehead atoms. The van der Waals surface area contributed by atoms with E-state index in [2.05, 4.69) is 15.3 Å². The number of aromatic nitrogens is 2. The summed E-state index contributed by atoms with van der Waals surface area (Å²) in [5.74, 6) is 0.593. The maximum absolute atomic E-state index is 11.5. The molecule has 0 spiro atoms. The van der Waals surface area contributed by atoms with E-state index in [1.54, 1.807) is 6.07 Å². The molecule has 2 heterocycles. The monoisotopic (exact) mass is 333 g/mol. The van der Waals surface area contributed by atoms with Gasteiger partial charge in [0.2, 0.25) is 11.6 Å². The first-order valence-corrected chi connectivity index (χ1v) is 7.76. The maximum Gasteiger partial charge on any atom is 0.353 e. The summed E-state index contributed by atoms with van der Waals surface area (Å²) in [7, 11) is 0. The summed E-state index contributed by atoms with van der Waals surface area (Å²) in [6, 6.07) is 7.35. The molecule has 3 rings (SSSR count). The topological polar surface area (TPSA) is 84.2 Å². The van der Waals surface area contributed by atoms with Crippen molar-refractivity contribution in [3.8, 4) is 0 Å². The van der Waals surface area contributed by atoms with Crippen LogP contribution in [-0.2, 0) is 6.54 Å². The Labute approximate surface area is 138 Å². The van der Waals surface area contributed by atoms with Gasteiger partial charge in [-0.25, -0.2) is 9.97 Å². The average molecular weight is 334 g/mol. The minimum Gasteiger partial charge on any atom is -0.360 e. The van der Waals surface area contributed by atoms with E-state index in [4.69, 9.17) is 11.6 Å². The van der Waals surface area contributed by atoms with Crippen molar-refractivity contribution in [1.29, 1.82) is 0 Å². The highest BCUT2D eigenvalue weighted by molar-refractivity contribution is 6.31. The molecule has 1 fully saturated rings. The quantitative estimate of drug-likeness (QED) is 0.668. The summed E-state index contributed by atoms with van der Waals surface area (Å²) in [4.78, 5) is 21.2. The van der Waals surface area contributed by atoms with Gasteiger partial charge in [-0.05, 0) is 24.5 Å². The Balaban J connectivity index is 1.88. The second-order valence-electron chi connectivity index (χ2n) is 5.29. The van der Waals surface area contributed by atoms with Crippen LogP contribution < -0.4 is 10.2 Å². The number of anilines is 2. The molecular formula is C15H16ClN5O2. The second-order valence-corrected chi connectivity index (χ2v) is 5.70. The summed E-state index contributed by atoms with van der Waals surface area (Å²) >= 11 is 6.11. The largest absolute Gasteiger partial charge is 0.360 e. The lowest BCUT2D eigenvalue weighted by Gasteiger charge is -2.17. The molecule has 0 saturated carbocycles. The molecule has 0 radical (unpaired) electrons. The van der Waals surface area contributed by atoms with Gasteiger partial charge in [0.05, 0.1) is 4.92 Å². The highest BCUT2D eigenvalue weighted by atomic mass is 35.5. The zero-order chi connectivity index (χ0) is 16.2. The average Bonchev–Trinajstić information content (AvgIpc) is 3.08. The molecule has 2 aromatic rings. The third kappa shape index (κ3) is 3.34. The smallest absolute Gasteiger partial charge is 0.353 e. The summed E-state index contributed by atoms with van der Waals surface area (Å²) in [5.41, 5.74) is 0.770. The minimum atomic E-state index is -0.428. The van der Waals surface area contributed by atoms with Gasteiger partial charge >= 0.3 is 5.69 Å². The van der Waals surface area contributed by atoms with Gasteiger partial charge in [0, 0.05) is 24.7 Å². The molecule has 0 atom stereocenters. The van der Waals surface area contributed by atoms with Gasteiger partial charge in [-0.1, -0.05) is 29.8 Å². The van der Waals surface area contributed by atoms with E-state index in [9.17, 15) is 10.1 Å². The first kappa shape index (κ1) is 15.5. The predicted molar refractivity (Wildman–Crippen MR) is 88.9 cm³/mol. The van der Waals surface area contributed by atoms with Crippen LogP contribution in [0.25, 0.3) is 0 Å². The zero-order valence-corrected chi connectivity index (χ0v) is 13.2. The lowest BCUT2D eigenvalue weighted by Crippen LogP contribution is -2.21. The van der Waals surface area contributed by atoms with Crippen LogP contribution in [0.2, 0.25) is 5.02 Å². The maximum atomic E-state index is 11.5. The summed E-state index contributed by atoms with van der Waals surface area (Å²) in [6.07, 6.45) is 3.39. The lowest BCUT2D eigenvalue weighted by atomic mass is 10.2. The number of hydrogen-bond donors (Lipinski definition) is 1. The first-order valence-electron chi connectivity index (χ1n) is 7.38. The first-order chi connectivity index (χ1) is 11.2. The van der Waals surface area contributed by atoms with E-state index in [1.807, 2.05) is 23.1 Å². The van der Waals surface area contributed by atoms with Crippen LogP contribution in [0.1, 0.15) is 18.4 Å². The van der Waals surface area contributed by atoms with Crippen molar-refractivity contribution in [2.75, 3.05) is 23.3 Å².